The van der Waals surface area contributed by atoms with Gasteiger partial charge in [0.2, 0.25) is 5.91 Å². The highest BCUT2D eigenvalue weighted by atomic mass is 16.2. The van der Waals surface area contributed by atoms with Crippen molar-refractivity contribution in [1.82, 2.24) is 9.88 Å². The zero-order valence-electron chi connectivity index (χ0n) is 11.7. The van der Waals surface area contributed by atoms with Crippen LogP contribution in [0.25, 0.3) is 0 Å². The molecule has 1 amide bonds. The summed E-state index contributed by atoms with van der Waals surface area (Å²) in [5.74, 6) is 0.163. The van der Waals surface area contributed by atoms with Crippen molar-refractivity contribution in [1.29, 1.82) is 0 Å². The number of hydrogen-bond donors (Lipinski definition) is 1. The maximum Gasteiger partial charge on any atom is 0.219 e. The second-order valence-electron chi connectivity index (χ2n) is 4.85. The van der Waals surface area contributed by atoms with Crippen LogP contribution < -0.4 is 10.2 Å². The van der Waals surface area contributed by atoms with Gasteiger partial charge in [-0.25, -0.2) is 0 Å². The fourth-order valence-electron chi connectivity index (χ4n) is 2.25. The highest BCUT2D eigenvalue weighted by molar-refractivity contribution is 5.73. The first kappa shape index (κ1) is 13.6. The number of pyridine rings is 1. The molecule has 0 spiro atoms. The lowest BCUT2D eigenvalue weighted by Gasteiger charge is -2.35. The Labute approximate surface area is 114 Å². The Bertz CT molecular complexity index is 427. The Kier molecular flexibility index (Phi) is 4.60. The minimum Gasteiger partial charge on any atom is -0.384 e. The molecule has 0 bridgehead atoms. The van der Waals surface area contributed by atoms with Crippen LogP contribution in [0, 0.1) is 0 Å². The van der Waals surface area contributed by atoms with Crippen molar-refractivity contribution >= 4 is 17.3 Å². The maximum atomic E-state index is 11.3. The Morgan fingerprint density at radius 2 is 2.05 bits per heavy atom. The van der Waals surface area contributed by atoms with Crippen LogP contribution >= 0.6 is 0 Å². The number of rotatable bonds is 4. The monoisotopic (exact) mass is 262 g/mol. The normalized spacial score (nSPS) is 15.5. The molecule has 0 aliphatic carbocycles. The highest BCUT2D eigenvalue weighted by Gasteiger charge is 2.18. The summed E-state index contributed by atoms with van der Waals surface area (Å²) < 4.78 is 0. The van der Waals surface area contributed by atoms with Crippen LogP contribution in [-0.4, -0.2) is 48.5 Å². The molecule has 1 aromatic rings. The van der Waals surface area contributed by atoms with Gasteiger partial charge in [0.25, 0.3) is 0 Å². The molecule has 0 unspecified atom stereocenters. The number of nitrogens with one attached hydrogen (secondary N) is 1. The quantitative estimate of drug-likeness (QED) is 0.895. The number of carbonyl (C=O) groups is 1. The largest absolute Gasteiger partial charge is 0.384 e. The lowest BCUT2D eigenvalue weighted by molar-refractivity contribution is -0.129. The summed E-state index contributed by atoms with van der Waals surface area (Å²) in [7, 11) is 0. The molecular weight excluding hydrogens is 240 g/mol. The number of piperazine rings is 1. The fraction of sp³-hybridized carbons (Fsp3) is 0.571. The van der Waals surface area contributed by atoms with Crippen molar-refractivity contribution in [2.24, 2.45) is 0 Å². The first-order valence-electron chi connectivity index (χ1n) is 6.90. The van der Waals surface area contributed by atoms with E-state index in [0.29, 0.717) is 0 Å². The van der Waals surface area contributed by atoms with Gasteiger partial charge in [-0.05, 0) is 12.5 Å². The first-order chi connectivity index (χ1) is 9.20. The fourth-order valence-corrected chi connectivity index (χ4v) is 2.25. The Hall–Kier alpha value is -1.78. The van der Waals surface area contributed by atoms with E-state index in [1.54, 1.807) is 6.92 Å². The number of nitrogens with zero attached hydrogens (tertiary/aromatic N) is 3. The van der Waals surface area contributed by atoms with E-state index in [-0.39, 0.29) is 5.91 Å². The van der Waals surface area contributed by atoms with Crippen LogP contribution in [0.15, 0.2) is 18.5 Å². The van der Waals surface area contributed by atoms with Crippen molar-refractivity contribution < 1.29 is 4.79 Å². The van der Waals surface area contributed by atoms with Gasteiger partial charge < -0.3 is 15.1 Å². The van der Waals surface area contributed by atoms with Gasteiger partial charge in [-0.3, -0.25) is 9.78 Å². The van der Waals surface area contributed by atoms with E-state index >= 15 is 0 Å². The highest BCUT2D eigenvalue weighted by Crippen LogP contribution is 2.19. The molecule has 5 heteroatoms. The molecule has 1 fully saturated rings. The minimum atomic E-state index is 0.163. The summed E-state index contributed by atoms with van der Waals surface area (Å²) in [5, 5.41) is 3.35. The predicted octanol–water partition coefficient (Wildman–Crippen LogP) is 1.57. The molecule has 5 nitrogen and oxygen atoms in total. The van der Waals surface area contributed by atoms with Crippen LogP contribution in [0.5, 0.6) is 0 Å². The summed E-state index contributed by atoms with van der Waals surface area (Å²) in [4.78, 5) is 19.8. The maximum absolute atomic E-state index is 11.3. The Morgan fingerprint density at radius 3 is 2.68 bits per heavy atom. The standard InChI is InChI=1S/C14H22N4O/c1-3-4-16-13-9-14(11-15-10-13)18-7-5-17(6-8-18)12(2)19/h9-11,16H,3-8H2,1-2H3. The van der Waals surface area contributed by atoms with Gasteiger partial charge in [0.1, 0.15) is 0 Å². The van der Waals surface area contributed by atoms with Crippen LogP contribution in [0.2, 0.25) is 0 Å². The number of amides is 1. The SMILES string of the molecule is CCCNc1cncc(N2CCN(C(C)=O)CC2)c1. The predicted molar refractivity (Wildman–Crippen MR) is 77.5 cm³/mol. The second-order valence-corrected chi connectivity index (χ2v) is 4.85. The van der Waals surface area contributed by atoms with Crippen LogP contribution in [0.1, 0.15) is 20.3 Å². The molecule has 0 aromatic carbocycles. The van der Waals surface area contributed by atoms with Gasteiger partial charge in [0.15, 0.2) is 0 Å². The number of anilines is 2. The summed E-state index contributed by atoms with van der Waals surface area (Å²) in [5.41, 5.74) is 2.19. The summed E-state index contributed by atoms with van der Waals surface area (Å²) >= 11 is 0. The third-order valence-corrected chi connectivity index (χ3v) is 3.39. The van der Waals surface area contributed by atoms with E-state index in [1.807, 2.05) is 17.3 Å². The lowest BCUT2D eigenvalue weighted by atomic mass is 10.2. The van der Waals surface area contributed by atoms with Crippen molar-refractivity contribution in [2.75, 3.05) is 42.9 Å². The first-order valence-corrected chi connectivity index (χ1v) is 6.90. The smallest absolute Gasteiger partial charge is 0.219 e. The van der Waals surface area contributed by atoms with Gasteiger partial charge in [0, 0.05) is 39.6 Å². The minimum absolute atomic E-state index is 0.163. The van der Waals surface area contributed by atoms with Crippen molar-refractivity contribution in [2.45, 2.75) is 20.3 Å². The van der Waals surface area contributed by atoms with Crippen LogP contribution in [0.3, 0.4) is 0 Å². The molecule has 1 aromatic heterocycles. The van der Waals surface area contributed by atoms with E-state index in [1.165, 1.54) is 0 Å². The number of aromatic nitrogens is 1. The summed E-state index contributed by atoms with van der Waals surface area (Å²) in [6.45, 7) is 8.07. The molecular formula is C14H22N4O. The molecule has 1 aliphatic heterocycles. The van der Waals surface area contributed by atoms with Crippen LogP contribution in [-0.2, 0) is 4.79 Å². The molecule has 0 atom stereocenters. The van der Waals surface area contributed by atoms with Gasteiger partial charge >= 0.3 is 0 Å². The van der Waals surface area contributed by atoms with E-state index in [0.717, 1.165) is 50.5 Å². The summed E-state index contributed by atoms with van der Waals surface area (Å²) in [6.07, 6.45) is 4.84. The Balaban J connectivity index is 1.97. The lowest BCUT2D eigenvalue weighted by Crippen LogP contribution is -2.48. The molecule has 104 valence electrons. The van der Waals surface area contributed by atoms with Gasteiger partial charge in [-0.15, -0.1) is 0 Å². The van der Waals surface area contributed by atoms with Crippen molar-refractivity contribution in [3.63, 3.8) is 0 Å². The van der Waals surface area contributed by atoms with Crippen molar-refractivity contribution in [3.05, 3.63) is 18.5 Å². The van der Waals surface area contributed by atoms with E-state index in [4.69, 9.17) is 0 Å². The van der Waals surface area contributed by atoms with E-state index in [2.05, 4.69) is 28.2 Å². The average molecular weight is 262 g/mol. The molecule has 1 aliphatic rings. The third-order valence-electron chi connectivity index (χ3n) is 3.39. The molecule has 2 heterocycles. The second kappa shape index (κ2) is 6.41. The zero-order chi connectivity index (χ0) is 13.7. The molecule has 0 radical (unpaired) electrons. The molecule has 1 N–H and O–H groups in total. The molecule has 1 saturated heterocycles. The van der Waals surface area contributed by atoms with Gasteiger partial charge in [-0.1, -0.05) is 6.92 Å². The third kappa shape index (κ3) is 3.59. The Morgan fingerprint density at radius 1 is 1.32 bits per heavy atom. The average Bonchev–Trinajstić information content (AvgIpc) is 2.45. The molecule has 2 rings (SSSR count). The topological polar surface area (TPSA) is 48.5 Å². The zero-order valence-corrected chi connectivity index (χ0v) is 11.7. The van der Waals surface area contributed by atoms with Gasteiger partial charge in [0.05, 0.1) is 23.8 Å². The molecule has 0 saturated carbocycles. The van der Waals surface area contributed by atoms with E-state index in [9.17, 15) is 4.79 Å². The number of hydrogen-bond acceptors (Lipinski definition) is 4. The van der Waals surface area contributed by atoms with E-state index < -0.39 is 0 Å². The summed E-state index contributed by atoms with van der Waals surface area (Å²) in [6, 6.07) is 2.13. The van der Waals surface area contributed by atoms with Crippen LogP contribution in [0.4, 0.5) is 11.4 Å². The number of carbonyl (C=O) groups excluding carboxylic acids is 1. The van der Waals surface area contributed by atoms with Gasteiger partial charge in [-0.2, -0.15) is 0 Å². The molecule has 19 heavy (non-hydrogen) atoms. The van der Waals surface area contributed by atoms with Crippen molar-refractivity contribution in [3.8, 4) is 0 Å².